The monoisotopic (exact) mass is 423 g/mol. The summed E-state index contributed by atoms with van der Waals surface area (Å²) in [7, 11) is 0. The molecule has 176 valence electrons. The van der Waals surface area contributed by atoms with Crippen molar-refractivity contribution < 1.29 is 14.3 Å². The zero-order chi connectivity index (χ0) is 22.3. The second-order valence-electron chi connectivity index (χ2n) is 8.73. The van der Waals surface area contributed by atoms with Crippen LogP contribution in [0.25, 0.3) is 0 Å². The highest BCUT2D eigenvalue weighted by atomic mass is 16.5. The quantitative estimate of drug-likeness (QED) is 0.121. The first kappa shape index (κ1) is 28.7. The number of carbonyl (C=O) groups excluding carboxylic acids is 2. The summed E-state index contributed by atoms with van der Waals surface area (Å²) >= 11 is 0. The molecule has 0 aliphatic carbocycles. The van der Waals surface area contributed by atoms with Crippen molar-refractivity contribution in [2.24, 2.45) is 5.92 Å². The van der Waals surface area contributed by atoms with Gasteiger partial charge in [0.15, 0.2) is 0 Å². The molecule has 0 heterocycles. The third kappa shape index (κ3) is 23.0. The largest absolute Gasteiger partial charge is 0.466 e. The van der Waals surface area contributed by atoms with Crippen molar-refractivity contribution in [3.05, 3.63) is 12.2 Å². The standard InChI is InChI=1S/C26H49NO3/c1-4-5-6-7-8-9-10-11-12-13-14-15-16-17-18-19-22-27-26(29)21-20-24(2)23-30-25(3)28/h11-12,24H,4-10,13-23H2,1-3H3,(H,27,29). The Balaban J connectivity index is 3.29. The molecule has 0 aromatic heterocycles. The van der Waals surface area contributed by atoms with Gasteiger partial charge in [-0.15, -0.1) is 0 Å². The molecule has 4 nitrogen and oxygen atoms in total. The fraction of sp³-hybridized carbons (Fsp3) is 0.846. The van der Waals surface area contributed by atoms with Gasteiger partial charge in [-0.25, -0.2) is 0 Å². The number of hydrogen-bond donors (Lipinski definition) is 1. The molecule has 0 aromatic rings. The van der Waals surface area contributed by atoms with Crippen LogP contribution in [0.1, 0.15) is 124 Å². The highest BCUT2D eigenvalue weighted by molar-refractivity contribution is 5.75. The molecule has 0 aliphatic heterocycles. The smallest absolute Gasteiger partial charge is 0.302 e. The molecule has 1 unspecified atom stereocenters. The van der Waals surface area contributed by atoms with Crippen LogP contribution in [0.5, 0.6) is 0 Å². The van der Waals surface area contributed by atoms with Crippen molar-refractivity contribution in [3.63, 3.8) is 0 Å². The molecular formula is C26H49NO3. The Morgan fingerprint density at radius 2 is 1.37 bits per heavy atom. The van der Waals surface area contributed by atoms with Crippen LogP contribution in [0.2, 0.25) is 0 Å². The van der Waals surface area contributed by atoms with Crippen LogP contribution >= 0.6 is 0 Å². The molecule has 0 saturated carbocycles. The number of amides is 1. The zero-order valence-corrected chi connectivity index (χ0v) is 20.2. The molecule has 1 amide bonds. The van der Waals surface area contributed by atoms with Crippen molar-refractivity contribution in [1.29, 1.82) is 0 Å². The van der Waals surface area contributed by atoms with Crippen molar-refractivity contribution >= 4 is 11.9 Å². The normalized spacial score (nSPS) is 12.2. The van der Waals surface area contributed by atoms with Crippen molar-refractivity contribution in [2.45, 2.75) is 124 Å². The topological polar surface area (TPSA) is 55.4 Å². The van der Waals surface area contributed by atoms with E-state index >= 15 is 0 Å². The molecule has 30 heavy (non-hydrogen) atoms. The van der Waals surface area contributed by atoms with E-state index in [1.807, 2.05) is 6.92 Å². The Bertz CT molecular complexity index is 434. The SMILES string of the molecule is CCCCCCCCC=CCCCCCCCCNC(=O)CCC(C)COC(C)=O. The van der Waals surface area contributed by atoms with E-state index in [0.29, 0.717) is 13.0 Å². The lowest BCUT2D eigenvalue weighted by molar-refractivity contribution is -0.142. The Kier molecular flexibility index (Phi) is 21.4. The summed E-state index contributed by atoms with van der Waals surface area (Å²) < 4.78 is 4.96. The fourth-order valence-electron chi connectivity index (χ4n) is 3.41. The lowest BCUT2D eigenvalue weighted by Crippen LogP contribution is -2.25. The van der Waals surface area contributed by atoms with E-state index in [-0.39, 0.29) is 17.8 Å². The first-order chi connectivity index (χ1) is 14.6. The maximum absolute atomic E-state index is 11.8. The van der Waals surface area contributed by atoms with Gasteiger partial charge in [0.2, 0.25) is 5.91 Å². The number of rotatable bonds is 21. The summed E-state index contributed by atoms with van der Waals surface area (Å²) in [6, 6.07) is 0. The molecule has 0 aromatic carbocycles. The van der Waals surface area contributed by atoms with Gasteiger partial charge in [0.05, 0.1) is 6.61 Å². The minimum atomic E-state index is -0.258. The number of ether oxygens (including phenoxy) is 1. The van der Waals surface area contributed by atoms with E-state index in [2.05, 4.69) is 24.4 Å². The zero-order valence-electron chi connectivity index (χ0n) is 20.2. The highest BCUT2D eigenvalue weighted by Crippen LogP contribution is 2.10. The molecule has 0 spiro atoms. The van der Waals surface area contributed by atoms with Crippen LogP contribution in [0.3, 0.4) is 0 Å². The van der Waals surface area contributed by atoms with Gasteiger partial charge in [-0.3, -0.25) is 9.59 Å². The summed E-state index contributed by atoms with van der Waals surface area (Å²) in [5, 5.41) is 3.00. The third-order valence-electron chi connectivity index (χ3n) is 5.45. The molecule has 0 fully saturated rings. The second-order valence-corrected chi connectivity index (χ2v) is 8.73. The van der Waals surface area contributed by atoms with Crippen LogP contribution in [0.15, 0.2) is 12.2 Å². The predicted octanol–water partition coefficient (Wildman–Crippen LogP) is 7.12. The molecule has 4 heteroatoms. The van der Waals surface area contributed by atoms with Crippen LogP contribution in [-0.2, 0) is 14.3 Å². The first-order valence-electron chi connectivity index (χ1n) is 12.6. The van der Waals surface area contributed by atoms with Gasteiger partial charge < -0.3 is 10.1 Å². The molecule has 1 atom stereocenters. The Morgan fingerprint density at radius 1 is 0.833 bits per heavy atom. The number of allylic oxidation sites excluding steroid dienone is 2. The van der Waals surface area contributed by atoms with Gasteiger partial charge in [0.25, 0.3) is 0 Å². The highest BCUT2D eigenvalue weighted by Gasteiger charge is 2.08. The van der Waals surface area contributed by atoms with Crippen LogP contribution in [0.4, 0.5) is 0 Å². The molecule has 0 saturated heterocycles. The van der Waals surface area contributed by atoms with E-state index in [9.17, 15) is 9.59 Å². The van der Waals surface area contributed by atoms with E-state index < -0.39 is 0 Å². The maximum atomic E-state index is 11.8. The fourth-order valence-corrected chi connectivity index (χ4v) is 3.41. The van der Waals surface area contributed by atoms with Gasteiger partial charge in [0, 0.05) is 19.9 Å². The van der Waals surface area contributed by atoms with E-state index in [1.165, 1.54) is 90.4 Å². The van der Waals surface area contributed by atoms with Crippen LogP contribution in [-0.4, -0.2) is 25.0 Å². The molecule has 0 rings (SSSR count). The summed E-state index contributed by atoms with van der Waals surface area (Å²) in [6.45, 7) is 6.86. The van der Waals surface area contributed by atoms with E-state index in [1.54, 1.807) is 0 Å². The van der Waals surface area contributed by atoms with Gasteiger partial charge in [-0.2, -0.15) is 0 Å². The van der Waals surface area contributed by atoms with Crippen LogP contribution in [0, 0.1) is 5.92 Å². The van der Waals surface area contributed by atoms with Crippen molar-refractivity contribution in [3.8, 4) is 0 Å². The lowest BCUT2D eigenvalue weighted by Gasteiger charge is -2.11. The Hall–Kier alpha value is -1.32. The number of carbonyl (C=O) groups is 2. The minimum Gasteiger partial charge on any atom is -0.466 e. The number of nitrogens with one attached hydrogen (secondary N) is 1. The molecule has 0 bridgehead atoms. The average molecular weight is 424 g/mol. The Morgan fingerprint density at radius 3 is 1.93 bits per heavy atom. The van der Waals surface area contributed by atoms with E-state index in [4.69, 9.17) is 4.74 Å². The number of esters is 1. The first-order valence-corrected chi connectivity index (χ1v) is 12.6. The molecular weight excluding hydrogens is 374 g/mol. The third-order valence-corrected chi connectivity index (χ3v) is 5.45. The van der Waals surface area contributed by atoms with Crippen molar-refractivity contribution in [2.75, 3.05) is 13.2 Å². The van der Waals surface area contributed by atoms with Crippen molar-refractivity contribution in [1.82, 2.24) is 5.32 Å². The second kappa shape index (κ2) is 22.4. The van der Waals surface area contributed by atoms with Gasteiger partial charge in [0.1, 0.15) is 0 Å². The average Bonchev–Trinajstić information content (AvgIpc) is 2.72. The summed E-state index contributed by atoms with van der Waals surface area (Å²) in [4.78, 5) is 22.6. The van der Waals surface area contributed by atoms with Crippen LogP contribution < -0.4 is 5.32 Å². The van der Waals surface area contributed by atoms with E-state index in [0.717, 1.165) is 19.4 Å². The molecule has 0 aliphatic rings. The minimum absolute atomic E-state index is 0.109. The number of hydrogen-bond acceptors (Lipinski definition) is 3. The number of unbranched alkanes of at least 4 members (excludes halogenated alkanes) is 12. The summed E-state index contributed by atoms with van der Waals surface area (Å²) in [6.07, 6.45) is 24.2. The lowest BCUT2D eigenvalue weighted by atomic mass is 10.1. The maximum Gasteiger partial charge on any atom is 0.302 e. The molecule has 0 radical (unpaired) electrons. The predicted molar refractivity (Wildman–Crippen MR) is 127 cm³/mol. The Labute approximate surface area is 186 Å². The van der Waals surface area contributed by atoms with Gasteiger partial charge in [-0.05, 0) is 44.4 Å². The van der Waals surface area contributed by atoms with Gasteiger partial charge in [-0.1, -0.05) is 83.8 Å². The summed E-state index contributed by atoms with van der Waals surface area (Å²) in [5.41, 5.74) is 0. The summed E-state index contributed by atoms with van der Waals surface area (Å²) in [5.74, 6) is 0.0775. The molecule has 1 N–H and O–H groups in total. The van der Waals surface area contributed by atoms with Gasteiger partial charge >= 0.3 is 5.97 Å².